The van der Waals surface area contributed by atoms with Crippen LogP contribution in [-0.4, -0.2) is 40.3 Å². The maximum Gasteiger partial charge on any atom is 0.431 e. The molecule has 1 saturated heterocycles. The normalized spacial score (nSPS) is 21.4. The van der Waals surface area contributed by atoms with E-state index in [1.165, 1.54) is 0 Å². The van der Waals surface area contributed by atoms with Crippen LogP contribution in [0.15, 0.2) is 65.8 Å². The first-order valence-corrected chi connectivity index (χ1v) is 9.84. The van der Waals surface area contributed by atoms with Gasteiger partial charge >= 0.3 is 6.09 Å². The van der Waals surface area contributed by atoms with Crippen molar-refractivity contribution in [2.24, 2.45) is 11.0 Å². The van der Waals surface area contributed by atoms with Crippen molar-refractivity contribution in [3.63, 3.8) is 0 Å². The lowest BCUT2D eigenvalue weighted by Gasteiger charge is -2.32. The Kier molecular flexibility index (Phi) is 4.89. The number of imide groups is 1. The van der Waals surface area contributed by atoms with Crippen LogP contribution in [0.5, 0.6) is 0 Å². The number of anilines is 1. The molecule has 30 heavy (non-hydrogen) atoms. The Hall–Kier alpha value is -3.48. The number of hydrazone groups is 1. The maximum absolute atomic E-state index is 13.3. The SMILES string of the molecule is CC(C)(C)OC(=O)N1N=C(c2ccccc2)CC2C(=O)N(c3ccccc3)C(=O)C21. The summed E-state index contributed by atoms with van der Waals surface area (Å²) in [6, 6.07) is 17.0. The molecule has 3 amide bonds. The Bertz CT molecular complexity index is 1010. The highest BCUT2D eigenvalue weighted by Crippen LogP contribution is 2.36. The number of benzene rings is 2. The van der Waals surface area contributed by atoms with Crippen LogP contribution < -0.4 is 4.90 Å². The molecule has 7 nitrogen and oxygen atoms in total. The van der Waals surface area contributed by atoms with Crippen molar-refractivity contribution in [2.45, 2.75) is 38.8 Å². The van der Waals surface area contributed by atoms with Crippen molar-refractivity contribution in [3.05, 3.63) is 66.2 Å². The van der Waals surface area contributed by atoms with Gasteiger partial charge in [0.25, 0.3) is 5.91 Å². The van der Waals surface area contributed by atoms with Gasteiger partial charge in [-0.15, -0.1) is 0 Å². The monoisotopic (exact) mass is 405 g/mol. The quantitative estimate of drug-likeness (QED) is 0.716. The number of hydrogen-bond acceptors (Lipinski definition) is 5. The van der Waals surface area contributed by atoms with Crippen LogP contribution in [0.3, 0.4) is 0 Å². The molecule has 2 heterocycles. The molecule has 0 aliphatic carbocycles. The van der Waals surface area contributed by atoms with Crippen molar-refractivity contribution >= 4 is 29.3 Å². The molecule has 0 bridgehead atoms. The minimum atomic E-state index is -1.03. The first kappa shape index (κ1) is 19.8. The summed E-state index contributed by atoms with van der Waals surface area (Å²) < 4.78 is 5.49. The second-order valence-corrected chi connectivity index (χ2v) is 8.34. The molecule has 0 radical (unpaired) electrons. The third kappa shape index (κ3) is 3.58. The molecule has 2 aliphatic heterocycles. The first-order valence-electron chi connectivity index (χ1n) is 9.84. The highest BCUT2D eigenvalue weighted by atomic mass is 16.6. The van der Waals surface area contributed by atoms with E-state index in [9.17, 15) is 14.4 Å². The summed E-state index contributed by atoms with van der Waals surface area (Å²) >= 11 is 0. The number of hydrogen-bond donors (Lipinski definition) is 0. The van der Waals surface area contributed by atoms with Crippen LogP contribution in [0.4, 0.5) is 10.5 Å². The molecule has 0 aromatic heterocycles. The molecule has 7 heteroatoms. The summed E-state index contributed by atoms with van der Waals surface area (Å²) in [5, 5.41) is 5.51. The minimum absolute atomic E-state index is 0.266. The van der Waals surface area contributed by atoms with E-state index in [1.54, 1.807) is 45.0 Å². The Labute approximate surface area is 174 Å². The molecular formula is C23H23N3O4. The van der Waals surface area contributed by atoms with Gasteiger partial charge in [-0.2, -0.15) is 10.1 Å². The summed E-state index contributed by atoms with van der Waals surface area (Å²) in [6.45, 7) is 5.23. The summed E-state index contributed by atoms with van der Waals surface area (Å²) in [5.41, 5.74) is 1.08. The fourth-order valence-corrected chi connectivity index (χ4v) is 3.73. The zero-order valence-electron chi connectivity index (χ0n) is 17.1. The van der Waals surface area contributed by atoms with E-state index in [2.05, 4.69) is 5.10 Å². The van der Waals surface area contributed by atoms with E-state index in [0.717, 1.165) is 15.5 Å². The van der Waals surface area contributed by atoms with E-state index in [4.69, 9.17) is 4.74 Å². The van der Waals surface area contributed by atoms with Gasteiger partial charge in [-0.3, -0.25) is 9.59 Å². The Morgan fingerprint density at radius 2 is 1.57 bits per heavy atom. The zero-order valence-corrected chi connectivity index (χ0v) is 17.1. The predicted molar refractivity (Wildman–Crippen MR) is 112 cm³/mol. The van der Waals surface area contributed by atoms with Crippen LogP contribution in [0, 0.1) is 5.92 Å². The van der Waals surface area contributed by atoms with Gasteiger partial charge in [0.2, 0.25) is 5.91 Å². The van der Waals surface area contributed by atoms with Crippen molar-refractivity contribution in [2.75, 3.05) is 4.90 Å². The molecule has 2 aromatic rings. The van der Waals surface area contributed by atoms with Crippen molar-refractivity contribution in [1.29, 1.82) is 0 Å². The average molecular weight is 405 g/mol. The molecule has 2 aliphatic rings. The molecular weight excluding hydrogens is 382 g/mol. The van der Waals surface area contributed by atoms with Gasteiger partial charge in [-0.1, -0.05) is 48.5 Å². The summed E-state index contributed by atoms with van der Waals surface area (Å²) in [4.78, 5) is 40.6. The van der Waals surface area contributed by atoms with Gasteiger partial charge in [0.1, 0.15) is 5.60 Å². The van der Waals surface area contributed by atoms with Crippen LogP contribution in [0.25, 0.3) is 0 Å². The second kappa shape index (κ2) is 7.40. The zero-order chi connectivity index (χ0) is 21.5. The van der Waals surface area contributed by atoms with Crippen molar-refractivity contribution in [3.8, 4) is 0 Å². The topological polar surface area (TPSA) is 79.3 Å². The minimum Gasteiger partial charge on any atom is -0.442 e. The number of nitrogens with zero attached hydrogens (tertiary/aromatic N) is 3. The van der Waals surface area contributed by atoms with E-state index in [1.807, 2.05) is 36.4 Å². The van der Waals surface area contributed by atoms with Crippen LogP contribution in [0.2, 0.25) is 0 Å². The van der Waals surface area contributed by atoms with E-state index in [0.29, 0.717) is 11.4 Å². The second-order valence-electron chi connectivity index (χ2n) is 8.34. The number of rotatable bonds is 2. The third-order valence-corrected chi connectivity index (χ3v) is 5.00. The van der Waals surface area contributed by atoms with Crippen molar-refractivity contribution in [1.82, 2.24) is 5.01 Å². The number of carbonyl (C=O) groups excluding carboxylic acids is 3. The number of para-hydroxylation sites is 1. The predicted octanol–water partition coefficient (Wildman–Crippen LogP) is 3.59. The lowest BCUT2D eigenvalue weighted by atomic mass is 9.91. The third-order valence-electron chi connectivity index (χ3n) is 5.00. The average Bonchev–Trinajstić information content (AvgIpc) is 2.97. The van der Waals surface area contributed by atoms with Gasteiger partial charge < -0.3 is 4.74 Å². The van der Waals surface area contributed by atoms with Gasteiger partial charge in [0.05, 0.1) is 17.3 Å². The first-order chi connectivity index (χ1) is 14.3. The lowest BCUT2D eigenvalue weighted by molar-refractivity contribution is -0.123. The fraction of sp³-hybridized carbons (Fsp3) is 0.304. The smallest absolute Gasteiger partial charge is 0.431 e. The Morgan fingerprint density at radius 3 is 2.17 bits per heavy atom. The molecule has 0 N–H and O–H groups in total. The number of fused-ring (bicyclic) bond motifs is 1. The lowest BCUT2D eigenvalue weighted by Crippen LogP contribution is -2.49. The van der Waals surface area contributed by atoms with E-state index in [-0.39, 0.29) is 12.3 Å². The summed E-state index contributed by atoms with van der Waals surface area (Å²) in [7, 11) is 0. The summed E-state index contributed by atoms with van der Waals surface area (Å²) in [5.74, 6) is -1.54. The molecule has 2 aromatic carbocycles. The molecule has 2 atom stereocenters. The van der Waals surface area contributed by atoms with Gasteiger partial charge in [0, 0.05) is 6.42 Å². The fourth-order valence-electron chi connectivity index (χ4n) is 3.73. The molecule has 0 spiro atoms. The maximum atomic E-state index is 13.3. The van der Waals surface area contributed by atoms with Gasteiger partial charge in [-0.25, -0.2) is 9.69 Å². The Morgan fingerprint density at radius 1 is 0.967 bits per heavy atom. The largest absolute Gasteiger partial charge is 0.442 e. The molecule has 0 saturated carbocycles. The number of amides is 3. The van der Waals surface area contributed by atoms with Gasteiger partial charge in [0.15, 0.2) is 6.04 Å². The highest BCUT2D eigenvalue weighted by molar-refractivity contribution is 6.25. The van der Waals surface area contributed by atoms with E-state index >= 15 is 0 Å². The Balaban J connectivity index is 1.76. The van der Waals surface area contributed by atoms with Crippen molar-refractivity contribution < 1.29 is 19.1 Å². The molecule has 154 valence electrons. The van der Waals surface area contributed by atoms with Crippen LogP contribution in [-0.2, 0) is 14.3 Å². The van der Waals surface area contributed by atoms with Gasteiger partial charge in [-0.05, 0) is 38.5 Å². The molecule has 1 fully saturated rings. The highest BCUT2D eigenvalue weighted by Gasteiger charge is 2.55. The van der Waals surface area contributed by atoms with Crippen LogP contribution >= 0.6 is 0 Å². The molecule has 4 rings (SSSR count). The summed E-state index contributed by atoms with van der Waals surface area (Å²) in [6.07, 6.45) is -0.483. The molecule has 2 unspecified atom stereocenters. The number of ether oxygens (including phenoxy) is 1. The standard InChI is InChI=1S/C23H23N3O4/c1-23(2,3)30-22(29)26-19-17(14-18(24-26)15-10-6-4-7-11-15)20(27)25(21(19)28)16-12-8-5-9-13-16/h4-13,17,19H,14H2,1-3H3. The van der Waals surface area contributed by atoms with E-state index < -0.39 is 29.6 Å². The van der Waals surface area contributed by atoms with Crippen LogP contribution in [0.1, 0.15) is 32.8 Å². The number of carbonyl (C=O) groups is 3.